The molecule has 1 aliphatic rings. The van der Waals surface area contributed by atoms with Crippen molar-refractivity contribution in [1.29, 1.82) is 0 Å². The molecule has 1 fully saturated rings. The number of nitrogen functional groups attached to an aromatic ring is 1. The van der Waals surface area contributed by atoms with E-state index in [1.165, 1.54) is 12.0 Å². The van der Waals surface area contributed by atoms with Crippen molar-refractivity contribution in [3.63, 3.8) is 0 Å². The van der Waals surface area contributed by atoms with Crippen LogP contribution in [0.5, 0.6) is 0 Å². The molecule has 0 atom stereocenters. The molecule has 1 saturated carbocycles. The molecule has 19 heavy (non-hydrogen) atoms. The van der Waals surface area contributed by atoms with E-state index in [-0.39, 0.29) is 0 Å². The van der Waals surface area contributed by atoms with Gasteiger partial charge in [-0.15, -0.1) is 0 Å². The molecule has 2 aromatic carbocycles. The molecule has 2 heteroatoms. The summed E-state index contributed by atoms with van der Waals surface area (Å²) in [6.07, 6.45) is 3.26. The molecule has 1 aliphatic carbocycles. The number of allylic oxidation sites excluding steroid dienone is 1. The summed E-state index contributed by atoms with van der Waals surface area (Å²) in [5, 5.41) is 10.1. The van der Waals surface area contributed by atoms with Crippen LogP contribution in [0.3, 0.4) is 0 Å². The van der Waals surface area contributed by atoms with Crippen LogP contribution in [-0.2, 0) is 0 Å². The first-order valence-electron chi connectivity index (χ1n) is 6.61. The van der Waals surface area contributed by atoms with E-state index in [1.54, 1.807) is 0 Å². The Bertz CT molecular complexity index is 603. The van der Waals surface area contributed by atoms with Crippen molar-refractivity contribution in [3.8, 4) is 11.1 Å². The van der Waals surface area contributed by atoms with Gasteiger partial charge in [-0.2, -0.15) is 0 Å². The van der Waals surface area contributed by atoms with Crippen LogP contribution in [0, 0.1) is 0 Å². The molecule has 0 aliphatic heterocycles. The summed E-state index contributed by atoms with van der Waals surface area (Å²) >= 11 is 0. The van der Waals surface area contributed by atoms with Gasteiger partial charge < -0.3 is 10.8 Å². The van der Waals surface area contributed by atoms with Gasteiger partial charge in [0.2, 0.25) is 0 Å². The number of anilines is 1. The fourth-order valence-corrected chi connectivity index (χ4v) is 2.29. The predicted octanol–water partition coefficient (Wildman–Crippen LogP) is 4.39. The third kappa shape index (κ3) is 2.34. The zero-order valence-electron chi connectivity index (χ0n) is 10.8. The monoisotopic (exact) mass is 251 g/mol. The quantitative estimate of drug-likeness (QED) is 0.614. The Kier molecular flexibility index (Phi) is 3.00. The number of aliphatic hydroxyl groups is 1. The van der Waals surface area contributed by atoms with E-state index in [4.69, 9.17) is 5.73 Å². The Labute approximate surface area is 113 Å². The van der Waals surface area contributed by atoms with Crippen molar-refractivity contribution in [1.82, 2.24) is 0 Å². The Morgan fingerprint density at radius 2 is 1.37 bits per heavy atom. The van der Waals surface area contributed by atoms with Crippen molar-refractivity contribution in [2.24, 2.45) is 0 Å². The summed E-state index contributed by atoms with van der Waals surface area (Å²) in [4.78, 5) is 0. The molecule has 0 spiro atoms. The number of hydrogen-bond acceptors (Lipinski definition) is 2. The average Bonchev–Trinajstić information content (AvgIpc) is 2.38. The summed E-state index contributed by atoms with van der Waals surface area (Å²) in [5.41, 5.74) is 10.8. The molecule has 96 valence electrons. The van der Waals surface area contributed by atoms with Gasteiger partial charge in [0.1, 0.15) is 5.76 Å². The molecule has 0 unspecified atom stereocenters. The maximum atomic E-state index is 10.1. The Balaban J connectivity index is 1.88. The van der Waals surface area contributed by atoms with Crippen molar-refractivity contribution in [2.75, 3.05) is 5.73 Å². The topological polar surface area (TPSA) is 46.2 Å². The lowest BCUT2D eigenvalue weighted by molar-refractivity contribution is 0.486. The largest absolute Gasteiger partial charge is 0.507 e. The van der Waals surface area contributed by atoms with Gasteiger partial charge in [-0.1, -0.05) is 36.4 Å². The highest BCUT2D eigenvalue weighted by atomic mass is 16.3. The molecular formula is C17H17NO. The van der Waals surface area contributed by atoms with E-state index >= 15 is 0 Å². The fourth-order valence-electron chi connectivity index (χ4n) is 2.29. The lowest BCUT2D eigenvalue weighted by atomic mass is 9.89. The van der Waals surface area contributed by atoms with Gasteiger partial charge in [0.15, 0.2) is 0 Å². The van der Waals surface area contributed by atoms with Crippen molar-refractivity contribution in [3.05, 3.63) is 59.7 Å². The lowest BCUT2D eigenvalue weighted by Crippen LogP contribution is -2.01. The molecule has 0 radical (unpaired) electrons. The Hall–Kier alpha value is -2.22. The highest BCUT2D eigenvalue weighted by Gasteiger charge is 2.15. The first kappa shape index (κ1) is 11.8. The minimum absolute atomic E-state index is 0.468. The van der Waals surface area contributed by atoms with Gasteiger partial charge >= 0.3 is 0 Å². The highest BCUT2D eigenvalue weighted by Crippen LogP contribution is 2.32. The maximum absolute atomic E-state index is 10.1. The van der Waals surface area contributed by atoms with Crippen LogP contribution in [0.4, 0.5) is 5.69 Å². The standard InChI is InChI=1S/C17H17NO/c18-16-10-8-13(9-11-16)12-4-6-15(7-5-12)17(19)14-2-1-3-14/h4-11,19H,1-3,18H2. The summed E-state index contributed by atoms with van der Waals surface area (Å²) in [5.74, 6) is 0.468. The molecular weight excluding hydrogens is 234 g/mol. The van der Waals surface area contributed by atoms with E-state index in [1.807, 2.05) is 48.5 Å². The van der Waals surface area contributed by atoms with Crippen LogP contribution in [-0.4, -0.2) is 5.11 Å². The van der Waals surface area contributed by atoms with Crippen LogP contribution >= 0.6 is 0 Å². The molecule has 2 aromatic rings. The zero-order chi connectivity index (χ0) is 13.2. The van der Waals surface area contributed by atoms with Crippen LogP contribution in [0.25, 0.3) is 16.9 Å². The maximum Gasteiger partial charge on any atom is 0.121 e. The number of rotatable bonds is 2. The third-order valence-corrected chi connectivity index (χ3v) is 3.69. The second kappa shape index (κ2) is 4.81. The normalized spacial score (nSPS) is 14.0. The van der Waals surface area contributed by atoms with Crippen molar-refractivity contribution < 1.29 is 5.11 Å². The van der Waals surface area contributed by atoms with Gasteiger partial charge in [-0.05, 0) is 48.1 Å². The second-order valence-electron chi connectivity index (χ2n) is 5.01. The second-order valence-corrected chi connectivity index (χ2v) is 5.01. The van der Waals surface area contributed by atoms with E-state index in [2.05, 4.69) is 0 Å². The minimum Gasteiger partial charge on any atom is -0.507 e. The van der Waals surface area contributed by atoms with Crippen LogP contribution in [0.15, 0.2) is 54.1 Å². The molecule has 0 saturated heterocycles. The number of nitrogens with two attached hydrogens (primary N) is 1. The molecule has 3 rings (SSSR count). The summed E-state index contributed by atoms with van der Waals surface area (Å²) in [6, 6.07) is 15.8. The molecule has 0 bridgehead atoms. The SMILES string of the molecule is Nc1ccc(-c2ccc(C(O)=C3CCC3)cc2)cc1. The van der Waals surface area contributed by atoms with Crippen molar-refractivity contribution >= 4 is 11.4 Å². The highest BCUT2D eigenvalue weighted by molar-refractivity contribution is 5.70. The van der Waals surface area contributed by atoms with Gasteiger partial charge in [0, 0.05) is 11.3 Å². The van der Waals surface area contributed by atoms with E-state index in [0.717, 1.165) is 35.2 Å². The summed E-state index contributed by atoms with van der Waals surface area (Å²) < 4.78 is 0. The first-order valence-corrected chi connectivity index (χ1v) is 6.61. The van der Waals surface area contributed by atoms with E-state index in [9.17, 15) is 5.11 Å². The van der Waals surface area contributed by atoms with Gasteiger partial charge in [0.25, 0.3) is 0 Å². The Morgan fingerprint density at radius 3 is 1.84 bits per heavy atom. The first-order chi connectivity index (χ1) is 9.24. The van der Waals surface area contributed by atoms with E-state index in [0.29, 0.717) is 5.76 Å². The van der Waals surface area contributed by atoms with Crippen molar-refractivity contribution in [2.45, 2.75) is 19.3 Å². The molecule has 3 N–H and O–H groups in total. The van der Waals surface area contributed by atoms with Crippen LogP contribution in [0.1, 0.15) is 24.8 Å². The van der Waals surface area contributed by atoms with E-state index < -0.39 is 0 Å². The smallest absolute Gasteiger partial charge is 0.121 e. The van der Waals surface area contributed by atoms with Gasteiger partial charge in [-0.25, -0.2) is 0 Å². The van der Waals surface area contributed by atoms with Gasteiger partial charge in [0.05, 0.1) is 0 Å². The zero-order valence-corrected chi connectivity index (χ0v) is 10.8. The Morgan fingerprint density at radius 1 is 0.842 bits per heavy atom. The molecule has 0 aromatic heterocycles. The third-order valence-electron chi connectivity index (χ3n) is 3.69. The molecule has 0 heterocycles. The van der Waals surface area contributed by atoms with Gasteiger partial charge in [-0.3, -0.25) is 0 Å². The molecule has 0 amide bonds. The fraction of sp³-hybridized carbons (Fsp3) is 0.176. The lowest BCUT2D eigenvalue weighted by Gasteiger charge is -2.18. The average molecular weight is 251 g/mol. The molecule has 2 nitrogen and oxygen atoms in total. The summed E-state index contributed by atoms with van der Waals surface area (Å²) in [7, 11) is 0. The van der Waals surface area contributed by atoms with Crippen LogP contribution in [0.2, 0.25) is 0 Å². The number of aliphatic hydroxyl groups excluding tert-OH is 1. The number of benzene rings is 2. The summed E-state index contributed by atoms with van der Waals surface area (Å²) in [6.45, 7) is 0. The minimum atomic E-state index is 0.468. The predicted molar refractivity (Wildman–Crippen MR) is 79.7 cm³/mol. The number of hydrogen-bond donors (Lipinski definition) is 2. The van der Waals surface area contributed by atoms with Crippen LogP contribution < -0.4 is 5.73 Å².